The molecule has 526 valence electrons. The number of hydrogen-bond acceptors (Lipinski definition) is 5. The number of aliphatic hydroxyl groups excluding tert-OH is 2. The molecule has 0 aliphatic rings. The number of rotatable bonds is 77. The minimum Gasteiger partial charge on any atom is -0.466 e. The van der Waals surface area contributed by atoms with E-state index in [2.05, 4.69) is 55.6 Å². The third-order valence-electron chi connectivity index (χ3n) is 19.2. The van der Waals surface area contributed by atoms with Crippen LogP contribution in [0.15, 0.2) is 36.5 Å². The molecule has 0 aromatic heterocycles. The van der Waals surface area contributed by atoms with Crippen LogP contribution in [0.2, 0.25) is 0 Å². The molecule has 0 saturated carbocycles. The zero-order valence-electron chi connectivity index (χ0n) is 60.4. The van der Waals surface area contributed by atoms with Crippen molar-refractivity contribution in [3.63, 3.8) is 0 Å². The van der Waals surface area contributed by atoms with Crippen LogP contribution in [0.4, 0.5) is 0 Å². The minimum atomic E-state index is -0.665. The van der Waals surface area contributed by atoms with Crippen LogP contribution in [-0.4, -0.2) is 47.4 Å². The predicted molar refractivity (Wildman–Crippen MR) is 393 cm³/mol. The Hall–Kier alpha value is -1.92. The fourth-order valence-electron chi connectivity index (χ4n) is 13.0. The van der Waals surface area contributed by atoms with E-state index in [4.69, 9.17) is 4.74 Å². The van der Waals surface area contributed by atoms with Crippen LogP contribution in [0.3, 0.4) is 0 Å². The SMILES string of the molecule is CCCCC/C=C\CCCCCCCC(=O)OCCCCCCCCCCCCC/C=C\C/C=C\CCCCCCCCCCCCCCCCCCCC(=O)NC(CO)C(O)CCCCCCCCCCCCCCCCCCCCCCCCCCC. The fraction of sp³-hybridized carbons (Fsp3) is 0.904. The summed E-state index contributed by atoms with van der Waals surface area (Å²) in [6, 6.07) is -0.542. The molecule has 89 heavy (non-hydrogen) atoms. The van der Waals surface area contributed by atoms with E-state index in [9.17, 15) is 19.8 Å². The highest BCUT2D eigenvalue weighted by atomic mass is 16.5. The monoisotopic (exact) mass is 1250 g/mol. The molecule has 6 heteroatoms. The maximum atomic E-state index is 12.6. The summed E-state index contributed by atoms with van der Waals surface area (Å²) in [6.07, 6.45) is 102. The number of carbonyl (C=O) groups is 2. The molecular formula is C83H159NO5. The van der Waals surface area contributed by atoms with Gasteiger partial charge >= 0.3 is 5.97 Å². The molecule has 0 aromatic carbocycles. The van der Waals surface area contributed by atoms with Crippen molar-refractivity contribution in [1.29, 1.82) is 0 Å². The first kappa shape index (κ1) is 87.1. The van der Waals surface area contributed by atoms with E-state index in [1.807, 2.05) is 0 Å². The van der Waals surface area contributed by atoms with Crippen LogP contribution in [-0.2, 0) is 14.3 Å². The Bertz CT molecular complexity index is 1440. The van der Waals surface area contributed by atoms with Crippen molar-refractivity contribution in [2.24, 2.45) is 0 Å². The molecule has 3 N–H and O–H groups in total. The normalized spacial score (nSPS) is 12.6. The molecular weight excluding hydrogens is 1090 g/mol. The van der Waals surface area contributed by atoms with E-state index >= 15 is 0 Å². The number of unbranched alkanes of at least 4 members (excludes halogenated alkanes) is 60. The Kier molecular flexibility index (Phi) is 76.8. The maximum absolute atomic E-state index is 12.6. The average Bonchev–Trinajstić information content (AvgIpc) is 3.65. The van der Waals surface area contributed by atoms with Gasteiger partial charge in [0, 0.05) is 12.8 Å². The Balaban J connectivity index is 3.38. The van der Waals surface area contributed by atoms with E-state index in [1.165, 1.54) is 372 Å². The van der Waals surface area contributed by atoms with Gasteiger partial charge in [-0.1, -0.05) is 397 Å². The first-order valence-electron chi connectivity index (χ1n) is 40.7. The summed E-state index contributed by atoms with van der Waals surface area (Å²) < 4.78 is 5.48. The topological polar surface area (TPSA) is 95.9 Å². The van der Waals surface area contributed by atoms with Crippen molar-refractivity contribution < 1.29 is 24.5 Å². The summed E-state index contributed by atoms with van der Waals surface area (Å²) in [7, 11) is 0. The Morgan fingerprint density at radius 2 is 0.562 bits per heavy atom. The summed E-state index contributed by atoms with van der Waals surface area (Å²) in [5.74, 6) is -0.0196. The number of ether oxygens (including phenoxy) is 1. The summed E-state index contributed by atoms with van der Waals surface area (Å²) in [5, 5.41) is 23.5. The van der Waals surface area contributed by atoms with Crippen LogP contribution in [0.5, 0.6) is 0 Å². The molecule has 6 nitrogen and oxygen atoms in total. The first-order chi connectivity index (χ1) is 44.0. The fourth-order valence-corrected chi connectivity index (χ4v) is 13.0. The lowest BCUT2D eigenvalue weighted by atomic mass is 10.0. The zero-order chi connectivity index (χ0) is 64.2. The van der Waals surface area contributed by atoms with Gasteiger partial charge in [0.25, 0.3) is 0 Å². The lowest BCUT2D eigenvalue weighted by Gasteiger charge is -2.22. The largest absolute Gasteiger partial charge is 0.466 e. The molecule has 0 saturated heterocycles. The van der Waals surface area contributed by atoms with E-state index in [0.29, 0.717) is 25.9 Å². The highest BCUT2D eigenvalue weighted by molar-refractivity contribution is 5.76. The molecule has 2 unspecified atom stereocenters. The number of nitrogens with one attached hydrogen (secondary N) is 1. The van der Waals surface area contributed by atoms with Gasteiger partial charge in [0.2, 0.25) is 5.91 Å². The van der Waals surface area contributed by atoms with Crippen molar-refractivity contribution in [1.82, 2.24) is 5.32 Å². The lowest BCUT2D eigenvalue weighted by Crippen LogP contribution is -2.45. The highest BCUT2D eigenvalue weighted by Crippen LogP contribution is 2.20. The lowest BCUT2D eigenvalue weighted by molar-refractivity contribution is -0.143. The van der Waals surface area contributed by atoms with Crippen LogP contribution < -0.4 is 5.32 Å². The van der Waals surface area contributed by atoms with E-state index in [-0.39, 0.29) is 18.5 Å². The summed E-state index contributed by atoms with van der Waals surface area (Å²) in [6.45, 7) is 4.97. The number of aliphatic hydroxyl groups is 2. The molecule has 0 rings (SSSR count). The van der Waals surface area contributed by atoms with E-state index in [1.54, 1.807) is 0 Å². The van der Waals surface area contributed by atoms with Crippen LogP contribution in [0, 0.1) is 0 Å². The average molecular weight is 1250 g/mol. The highest BCUT2D eigenvalue weighted by Gasteiger charge is 2.20. The van der Waals surface area contributed by atoms with E-state index < -0.39 is 12.1 Å². The zero-order valence-corrected chi connectivity index (χ0v) is 60.4. The molecule has 2 atom stereocenters. The van der Waals surface area contributed by atoms with Crippen molar-refractivity contribution in [2.75, 3.05) is 13.2 Å². The first-order valence-corrected chi connectivity index (χ1v) is 40.7. The Morgan fingerprint density at radius 3 is 0.888 bits per heavy atom. The molecule has 0 aliphatic heterocycles. The predicted octanol–water partition coefficient (Wildman–Crippen LogP) is 27.0. The standard InChI is InChI=1S/C83H159NO5/c1-3-5-7-9-11-13-15-17-18-19-20-21-22-34-37-40-43-46-49-52-55-59-63-67-71-75-81(86)80(79-85)84-82(87)76-72-68-64-60-56-53-50-47-44-41-38-35-32-30-28-26-24-23-25-27-29-31-33-36-39-42-45-48-51-54-58-62-66-70-74-78-89-83(88)77-73-69-65-61-57-16-14-12-10-8-6-4-2/h12,14,25,27,31,33,80-81,85-86H,3-11,13,15-24,26,28-30,32,34-79H2,1-2H3,(H,84,87)/b14-12-,27-25-,33-31-. The third kappa shape index (κ3) is 75.0. The third-order valence-corrected chi connectivity index (χ3v) is 19.2. The minimum absolute atomic E-state index is 0.00731. The smallest absolute Gasteiger partial charge is 0.305 e. The van der Waals surface area contributed by atoms with Crippen molar-refractivity contribution >= 4 is 11.9 Å². The molecule has 0 aliphatic carbocycles. The van der Waals surface area contributed by atoms with Gasteiger partial charge < -0.3 is 20.3 Å². The molecule has 0 heterocycles. The second-order valence-corrected chi connectivity index (χ2v) is 28.1. The molecule has 1 amide bonds. The van der Waals surface area contributed by atoms with Crippen LogP contribution in [0.25, 0.3) is 0 Å². The van der Waals surface area contributed by atoms with E-state index in [0.717, 1.165) is 51.4 Å². The summed E-state index contributed by atoms with van der Waals surface area (Å²) in [5.41, 5.74) is 0. The number of esters is 1. The van der Waals surface area contributed by atoms with Crippen LogP contribution >= 0.6 is 0 Å². The number of amides is 1. The van der Waals surface area contributed by atoms with Gasteiger partial charge in [0.05, 0.1) is 25.4 Å². The molecule has 0 radical (unpaired) electrons. The molecule has 0 fully saturated rings. The second-order valence-electron chi connectivity index (χ2n) is 28.1. The van der Waals surface area contributed by atoms with Crippen molar-refractivity contribution in [2.45, 2.75) is 469 Å². The second kappa shape index (κ2) is 78.5. The summed E-state index contributed by atoms with van der Waals surface area (Å²) in [4.78, 5) is 24.6. The molecule has 0 bridgehead atoms. The molecule has 0 aromatic rings. The van der Waals surface area contributed by atoms with Gasteiger partial charge in [-0.15, -0.1) is 0 Å². The number of carbonyl (C=O) groups excluding carboxylic acids is 2. The maximum Gasteiger partial charge on any atom is 0.305 e. The summed E-state index contributed by atoms with van der Waals surface area (Å²) >= 11 is 0. The number of allylic oxidation sites excluding steroid dienone is 6. The quantitative estimate of drug-likeness (QED) is 0.0320. The van der Waals surface area contributed by atoms with Crippen LogP contribution in [0.1, 0.15) is 457 Å². The Labute approximate surface area is 557 Å². The van der Waals surface area contributed by atoms with Gasteiger partial charge in [0.1, 0.15) is 0 Å². The van der Waals surface area contributed by atoms with Gasteiger partial charge in [-0.25, -0.2) is 0 Å². The van der Waals surface area contributed by atoms with Gasteiger partial charge in [-0.05, 0) is 83.5 Å². The Morgan fingerprint density at radius 1 is 0.315 bits per heavy atom. The van der Waals surface area contributed by atoms with Crippen molar-refractivity contribution in [3.05, 3.63) is 36.5 Å². The van der Waals surface area contributed by atoms with Crippen molar-refractivity contribution in [3.8, 4) is 0 Å². The number of hydrogen-bond donors (Lipinski definition) is 3. The van der Waals surface area contributed by atoms with Gasteiger partial charge in [-0.2, -0.15) is 0 Å². The van der Waals surface area contributed by atoms with Gasteiger partial charge in [-0.3, -0.25) is 9.59 Å². The molecule has 0 spiro atoms. The van der Waals surface area contributed by atoms with Gasteiger partial charge in [0.15, 0.2) is 0 Å².